The minimum Gasteiger partial charge on any atom is -0.497 e. The maximum Gasteiger partial charge on any atom is 0.297 e. The maximum absolute atomic E-state index is 13.2. The number of rotatable bonds is 6. The van der Waals surface area contributed by atoms with Crippen LogP contribution in [0.15, 0.2) is 89.6 Å². The van der Waals surface area contributed by atoms with E-state index in [0.717, 1.165) is 28.3 Å². The molecule has 6 heteroatoms. The van der Waals surface area contributed by atoms with Gasteiger partial charge in [-0.3, -0.25) is 10.2 Å². The minimum absolute atomic E-state index is 0.236. The van der Waals surface area contributed by atoms with Crippen LogP contribution in [0.5, 0.6) is 11.5 Å². The van der Waals surface area contributed by atoms with Crippen molar-refractivity contribution in [1.82, 2.24) is 5.01 Å². The van der Waals surface area contributed by atoms with Crippen LogP contribution < -0.4 is 14.9 Å². The van der Waals surface area contributed by atoms with Gasteiger partial charge < -0.3 is 9.47 Å². The van der Waals surface area contributed by atoms with Crippen LogP contribution in [0.2, 0.25) is 0 Å². The summed E-state index contributed by atoms with van der Waals surface area (Å²) in [6, 6.07) is 24.4. The Morgan fingerprint density at radius 1 is 0.833 bits per heavy atom. The number of hydrazine groups is 1. The third-order valence-corrected chi connectivity index (χ3v) is 4.64. The Morgan fingerprint density at radius 2 is 1.43 bits per heavy atom. The molecule has 0 aromatic heterocycles. The highest BCUT2D eigenvalue weighted by Gasteiger charge is 2.31. The molecule has 30 heavy (non-hydrogen) atoms. The number of amides is 1. The molecule has 3 aromatic rings. The second-order valence-electron chi connectivity index (χ2n) is 6.59. The van der Waals surface area contributed by atoms with E-state index in [1.54, 1.807) is 20.3 Å². The number of ether oxygens (including phenoxy) is 2. The number of carbonyl (C=O) groups is 1. The summed E-state index contributed by atoms with van der Waals surface area (Å²) in [6.07, 6.45) is 1.76. The number of aliphatic imine (C=N–C) groups is 1. The molecule has 3 aromatic carbocycles. The highest BCUT2D eigenvalue weighted by Crippen LogP contribution is 2.24. The summed E-state index contributed by atoms with van der Waals surface area (Å²) in [7, 11) is 3.23. The number of hydrogen-bond acceptors (Lipinski definition) is 5. The van der Waals surface area contributed by atoms with Gasteiger partial charge in [0.05, 0.1) is 19.9 Å². The zero-order valence-electron chi connectivity index (χ0n) is 16.7. The van der Waals surface area contributed by atoms with E-state index < -0.39 is 0 Å². The van der Waals surface area contributed by atoms with Gasteiger partial charge in [0, 0.05) is 5.56 Å². The fourth-order valence-electron chi connectivity index (χ4n) is 3.05. The monoisotopic (exact) mass is 399 g/mol. The maximum atomic E-state index is 13.2. The third kappa shape index (κ3) is 4.03. The number of carbonyl (C=O) groups excluding carboxylic acids is 1. The van der Waals surface area contributed by atoms with Gasteiger partial charge in [-0.05, 0) is 48.0 Å². The number of nitrogens with one attached hydrogen (secondary N) is 1. The first-order valence-electron chi connectivity index (χ1n) is 9.43. The van der Waals surface area contributed by atoms with Crippen LogP contribution in [0.1, 0.15) is 11.1 Å². The normalized spacial score (nSPS) is 14.6. The van der Waals surface area contributed by atoms with Crippen molar-refractivity contribution in [3.05, 3.63) is 95.7 Å². The van der Waals surface area contributed by atoms with Gasteiger partial charge in [0.2, 0.25) is 0 Å². The number of amidine groups is 1. The summed E-state index contributed by atoms with van der Waals surface area (Å²) in [6.45, 7) is 0. The van der Waals surface area contributed by atoms with Crippen molar-refractivity contribution < 1.29 is 14.3 Å². The Labute approximate surface area is 175 Å². The van der Waals surface area contributed by atoms with Gasteiger partial charge in [-0.1, -0.05) is 42.5 Å². The summed E-state index contributed by atoms with van der Waals surface area (Å²) in [5.74, 6) is 1.80. The lowest BCUT2D eigenvalue weighted by Crippen LogP contribution is -2.37. The molecule has 1 amide bonds. The van der Waals surface area contributed by atoms with E-state index in [1.165, 1.54) is 5.01 Å². The number of nitrogens with zero attached hydrogens (tertiary/aromatic N) is 2. The molecule has 150 valence electrons. The Kier molecular flexibility index (Phi) is 5.48. The second-order valence-corrected chi connectivity index (χ2v) is 6.59. The zero-order valence-corrected chi connectivity index (χ0v) is 16.7. The van der Waals surface area contributed by atoms with Crippen molar-refractivity contribution in [2.24, 2.45) is 4.99 Å². The number of benzene rings is 3. The highest BCUT2D eigenvalue weighted by atomic mass is 16.5. The smallest absolute Gasteiger partial charge is 0.297 e. The van der Waals surface area contributed by atoms with E-state index in [4.69, 9.17) is 9.47 Å². The predicted molar refractivity (Wildman–Crippen MR) is 117 cm³/mol. The fourth-order valence-corrected chi connectivity index (χ4v) is 3.05. The van der Waals surface area contributed by atoms with Crippen molar-refractivity contribution in [3.8, 4) is 11.5 Å². The molecule has 1 aliphatic rings. The molecule has 0 aliphatic carbocycles. The van der Waals surface area contributed by atoms with E-state index in [9.17, 15) is 4.79 Å². The van der Waals surface area contributed by atoms with Gasteiger partial charge in [0.1, 0.15) is 17.2 Å². The molecule has 0 atom stereocenters. The first-order chi connectivity index (χ1) is 14.7. The lowest BCUT2D eigenvalue weighted by molar-refractivity contribution is -0.121. The molecule has 0 fully saturated rings. The third-order valence-electron chi connectivity index (χ3n) is 4.64. The molecule has 4 rings (SSSR count). The van der Waals surface area contributed by atoms with E-state index in [-0.39, 0.29) is 5.91 Å². The number of hydrogen-bond donors (Lipinski definition) is 1. The van der Waals surface area contributed by atoms with Crippen LogP contribution >= 0.6 is 0 Å². The van der Waals surface area contributed by atoms with Gasteiger partial charge in [-0.2, -0.15) is 5.01 Å². The molecule has 0 unspecified atom stereocenters. The summed E-state index contributed by atoms with van der Waals surface area (Å²) in [5, 5.41) is 1.46. The van der Waals surface area contributed by atoms with Crippen LogP contribution in [-0.2, 0) is 4.79 Å². The molecule has 0 saturated heterocycles. The Balaban J connectivity index is 1.68. The number of anilines is 1. The van der Waals surface area contributed by atoms with Crippen LogP contribution in [0.25, 0.3) is 6.08 Å². The first-order valence-corrected chi connectivity index (χ1v) is 9.43. The van der Waals surface area contributed by atoms with Crippen molar-refractivity contribution in [2.45, 2.75) is 0 Å². The molecular formula is C24H21N3O3. The molecule has 0 radical (unpaired) electrons. The van der Waals surface area contributed by atoms with Crippen LogP contribution in [-0.4, -0.2) is 31.0 Å². The van der Waals surface area contributed by atoms with Gasteiger partial charge in [0.15, 0.2) is 5.84 Å². The average molecular weight is 399 g/mol. The highest BCUT2D eigenvalue weighted by molar-refractivity contribution is 6.20. The Morgan fingerprint density at radius 3 is 2.03 bits per heavy atom. The second kappa shape index (κ2) is 8.53. The van der Waals surface area contributed by atoms with E-state index in [2.05, 4.69) is 10.4 Å². The van der Waals surface area contributed by atoms with Crippen molar-refractivity contribution in [3.63, 3.8) is 0 Å². The molecule has 0 spiro atoms. The topological polar surface area (TPSA) is 63.2 Å². The van der Waals surface area contributed by atoms with Crippen molar-refractivity contribution >= 4 is 23.5 Å². The summed E-state index contributed by atoms with van der Waals surface area (Å²) < 4.78 is 10.4. The molecule has 1 aliphatic heterocycles. The van der Waals surface area contributed by atoms with Crippen molar-refractivity contribution in [1.29, 1.82) is 0 Å². The largest absolute Gasteiger partial charge is 0.497 e. The summed E-state index contributed by atoms with van der Waals surface area (Å²) >= 11 is 0. The average Bonchev–Trinajstić information content (AvgIpc) is 3.10. The van der Waals surface area contributed by atoms with Crippen LogP contribution in [0, 0.1) is 0 Å². The minimum atomic E-state index is -0.236. The van der Waals surface area contributed by atoms with Gasteiger partial charge >= 0.3 is 0 Å². The number of methoxy groups -OCH3 is 2. The van der Waals surface area contributed by atoms with Gasteiger partial charge in [-0.15, -0.1) is 0 Å². The quantitative estimate of drug-likeness (QED) is 0.626. The van der Waals surface area contributed by atoms with E-state index >= 15 is 0 Å². The van der Waals surface area contributed by atoms with Gasteiger partial charge in [-0.25, -0.2) is 4.99 Å². The van der Waals surface area contributed by atoms with E-state index in [1.807, 2.05) is 78.9 Å². The Hall–Kier alpha value is -4.06. The van der Waals surface area contributed by atoms with Crippen LogP contribution in [0.4, 0.5) is 5.69 Å². The van der Waals surface area contributed by atoms with Crippen LogP contribution in [0.3, 0.4) is 0 Å². The molecule has 1 heterocycles. The summed E-state index contributed by atoms with van der Waals surface area (Å²) in [4.78, 5) is 17.8. The Bertz CT molecular complexity index is 1090. The summed E-state index contributed by atoms with van der Waals surface area (Å²) in [5.41, 5.74) is 5.96. The van der Waals surface area contributed by atoms with E-state index in [0.29, 0.717) is 11.5 Å². The SMILES string of the molecule is COc1ccc(C=C2N=C(c3ccccc3)N(Nc3ccc(OC)cc3)C2=O)cc1. The molecule has 1 N–H and O–H groups in total. The molecule has 0 bridgehead atoms. The van der Waals surface area contributed by atoms with Gasteiger partial charge in [0.25, 0.3) is 5.91 Å². The zero-order chi connectivity index (χ0) is 20.9. The van der Waals surface area contributed by atoms with Crippen molar-refractivity contribution in [2.75, 3.05) is 19.6 Å². The standard InChI is InChI=1S/C24H21N3O3/c1-29-20-12-8-17(9-13-20)16-22-24(28)27(23(25-22)18-6-4-3-5-7-18)26-19-10-14-21(30-2)15-11-19/h3-16,26H,1-2H3. The predicted octanol–water partition coefficient (Wildman–Crippen LogP) is 4.36. The lowest BCUT2D eigenvalue weighted by Gasteiger charge is -2.20. The fraction of sp³-hybridized carbons (Fsp3) is 0.0833. The lowest BCUT2D eigenvalue weighted by atomic mass is 10.2. The molecule has 6 nitrogen and oxygen atoms in total. The first kappa shape index (κ1) is 19.3. The molecule has 0 saturated carbocycles. The molecular weight excluding hydrogens is 378 g/mol.